The van der Waals surface area contributed by atoms with Crippen LogP contribution >= 0.6 is 11.8 Å². The van der Waals surface area contributed by atoms with E-state index in [1.54, 1.807) is 19.1 Å². The molecule has 1 saturated heterocycles. The molecule has 0 spiro atoms. The Morgan fingerprint density at radius 2 is 2.05 bits per heavy atom. The molecule has 1 aliphatic heterocycles. The van der Waals surface area contributed by atoms with Crippen molar-refractivity contribution in [1.82, 2.24) is 4.90 Å². The summed E-state index contributed by atoms with van der Waals surface area (Å²) in [4.78, 5) is 35.1. The van der Waals surface area contributed by atoms with Crippen molar-refractivity contribution in [1.29, 1.82) is 0 Å². The molecule has 1 aromatic carbocycles. The largest absolute Gasteiger partial charge is 0.293 e. The summed E-state index contributed by atoms with van der Waals surface area (Å²) in [7, 11) is 0. The zero-order chi connectivity index (χ0) is 14.0. The van der Waals surface area contributed by atoms with Crippen LogP contribution in [-0.4, -0.2) is 27.5 Å². The predicted molar refractivity (Wildman–Crippen MR) is 71.4 cm³/mol. The van der Waals surface area contributed by atoms with Crippen molar-refractivity contribution in [3.05, 3.63) is 44.8 Å². The highest BCUT2D eigenvalue weighted by atomic mass is 32.2. The van der Waals surface area contributed by atoms with Crippen molar-refractivity contribution >= 4 is 34.7 Å². The summed E-state index contributed by atoms with van der Waals surface area (Å²) in [6.07, 6.45) is 1.39. The van der Waals surface area contributed by atoms with Gasteiger partial charge in [0, 0.05) is 12.6 Å². The SMILES string of the molecule is CCN1C(=O)SC(=Cc2ccccc2[N+](=O)[O-])C1=O. The molecule has 1 aromatic rings. The molecule has 1 aliphatic rings. The van der Waals surface area contributed by atoms with E-state index in [1.807, 2.05) is 0 Å². The van der Waals surface area contributed by atoms with Gasteiger partial charge in [-0.15, -0.1) is 0 Å². The van der Waals surface area contributed by atoms with Gasteiger partial charge in [0.1, 0.15) is 0 Å². The highest BCUT2D eigenvalue weighted by Gasteiger charge is 2.34. The van der Waals surface area contributed by atoms with E-state index >= 15 is 0 Å². The molecule has 0 aromatic heterocycles. The summed E-state index contributed by atoms with van der Waals surface area (Å²) in [6.45, 7) is 1.99. The molecule has 0 bridgehead atoms. The molecule has 0 saturated carbocycles. The van der Waals surface area contributed by atoms with Crippen LogP contribution in [0.2, 0.25) is 0 Å². The van der Waals surface area contributed by atoms with Gasteiger partial charge >= 0.3 is 0 Å². The normalized spacial score (nSPS) is 17.3. The van der Waals surface area contributed by atoms with Crippen molar-refractivity contribution < 1.29 is 14.5 Å². The number of hydrogen-bond donors (Lipinski definition) is 0. The van der Waals surface area contributed by atoms with Crippen LogP contribution < -0.4 is 0 Å². The molecule has 0 atom stereocenters. The average molecular weight is 278 g/mol. The van der Waals surface area contributed by atoms with Gasteiger partial charge in [-0.1, -0.05) is 12.1 Å². The minimum absolute atomic E-state index is 0.0919. The number of carbonyl (C=O) groups excluding carboxylic acids is 2. The highest BCUT2D eigenvalue weighted by molar-refractivity contribution is 8.18. The van der Waals surface area contributed by atoms with E-state index < -0.39 is 10.8 Å². The van der Waals surface area contributed by atoms with E-state index in [-0.39, 0.29) is 15.8 Å². The number of amides is 2. The lowest BCUT2D eigenvalue weighted by atomic mass is 10.1. The zero-order valence-electron chi connectivity index (χ0n) is 10.0. The summed E-state index contributed by atoms with van der Waals surface area (Å²) >= 11 is 0.798. The maximum atomic E-state index is 11.9. The molecule has 2 rings (SSSR count). The molecular formula is C12H10N2O4S. The van der Waals surface area contributed by atoms with Crippen LogP contribution in [0.25, 0.3) is 6.08 Å². The van der Waals surface area contributed by atoms with Crippen LogP contribution in [0.5, 0.6) is 0 Å². The minimum Gasteiger partial charge on any atom is -0.269 e. The van der Waals surface area contributed by atoms with Gasteiger partial charge in [0.25, 0.3) is 16.8 Å². The van der Waals surface area contributed by atoms with E-state index in [0.717, 1.165) is 16.7 Å². The molecule has 0 radical (unpaired) electrons. The van der Waals surface area contributed by atoms with E-state index in [1.165, 1.54) is 18.2 Å². The molecule has 1 fully saturated rings. The molecular weight excluding hydrogens is 268 g/mol. The Morgan fingerprint density at radius 1 is 1.37 bits per heavy atom. The Morgan fingerprint density at radius 3 is 2.63 bits per heavy atom. The molecule has 19 heavy (non-hydrogen) atoms. The lowest BCUT2D eigenvalue weighted by Crippen LogP contribution is -2.27. The van der Waals surface area contributed by atoms with Gasteiger partial charge in [0.05, 0.1) is 15.4 Å². The fourth-order valence-electron chi connectivity index (χ4n) is 1.69. The van der Waals surface area contributed by atoms with E-state index in [9.17, 15) is 19.7 Å². The van der Waals surface area contributed by atoms with Gasteiger partial charge in [-0.05, 0) is 30.8 Å². The third-order valence-electron chi connectivity index (χ3n) is 2.61. The molecule has 0 aliphatic carbocycles. The topological polar surface area (TPSA) is 80.5 Å². The van der Waals surface area contributed by atoms with Crippen molar-refractivity contribution in [3.63, 3.8) is 0 Å². The van der Waals surface area contributed by atoms with Crippen molar-refractivity contribution in [3.8, 4) is 0 Å². The number of imide groups is 1. The number of likely N-dealkylation sites (N-methyl/N-ethyl adjacent to an activating group) is 1. The summed E-state index contributed by atoms with van der Waals surface area (Å²) in [6, 6.07) is 6.09. The molecule has 0 N–H and O–H groups in total. The van der Waals surface area contributed by atoms with Crippen LogP contribution in [0, 0.1) is 10.1 Å². The number of nitrogens with zero attached hydrogens (tertiary/aromatic N) is 2. The molecule has 1 heterocycles. The fraction of sp³-hybridized carbons (Fsp3) is 0.167. The van der Waals surface area contributed by atoms with Gasteiger partial charge in [-0.2, -0.15) is 0 Å². The fourth-order valence-corrected chi connectivity index (χ4v) is 2.58. The van der Waals surface area contributed by atoms with Gasteiger partial charge in [0.2, 0.25) is 0 Å². The standard InChI is InChI=1S/C12H10N2O4S/c1-2-13-11(15)10(19-12(13)16)7-8-5-3-4-6-9(8)14(17)18/h3-7H,2H2,1H3. The van der Waals surface area contributed by atoms with Gasteiger partial charge < -0.3 is 0 Å². The Balaban J connectivity index is 2.41. The zero-order valence-corrected chi connectivity index (χ0v) is 10.8. The number of hydrogen-bond acceptors (Lipinski definition) is 5. The summed E-state index contributed by atoms with van der Waals surface area (Å²) in [5.74, 6) is -0.407. The van der Waals surface area contributed by atoms with Crippen molar-refractivity contribution in [2.75, 3.05) is 6.54 Å². The maximum Gasteiger partial charge on any atom is 0.293 e. The number of carbonyl (C=O) groups is 2. The van der Waals surface area contributed by atoms with Crippen LogP contribution in [-0.2, 0) is 4.79 Å². The molecule has 98 valence electrons. The van der Waals surface area contributed by atoms with Crippen LogP contribution in [0.15, 0.2) is 29.2 Å². The first kappa shape index (κ1) is 13.3. The third kappa shape index (κ3) is 2.50. The summed E-state index contributed by atoms with van der Waals surface area (Å²) in [5.41, 5.74) is 0.222. The molecule has 2 amide bonds. The second kappa shape index (κ2) is 5.23. The van der Waals surface area contributed by atoms with E-state index in [0.29, 0.717) is 12.1 Å². The number of nitro groups is 1. The highest BCUT2D eigenvalue weighted by Crippen LogP contribution is 2.33. The maximum absolute atomic E-state index is 11.9. The van der Waals surface area contributed by atoms with Crippen molar-refractivity contribution in [2.24, 2.45) is 0 Å². The second-order valence-electron chi connectivity index (χ2n) is 3.74. The van der Waals surface area contributed by atoms with Gasteiger partial charge in [0.15, 0.2) is 0 Å². The molecule has 0 unspecified atom stereocenters. The molecule has 6 nitrogen and oxygen atoms in total. The minimum atomic E-state index is -0.518. The first-order valence-electron chi connectivity index (χ1n) is 5.53. The number of rotatable bonds is 3. The van der Waals surface area contributed by atoms with E-state index in [4.69, 9.17) is 0 Å². The third-order valence-corrected chi connectivity index (χ3v) is 3.52. The molecule has 7 heteroatoms. The number of thioether (sulfide) groups is 1. The predicted octanol–water partition coefficient (Wildman–Crippen LogP) is 2.65. The number of benzene rings is 1. The number of nitro benzene ring substituents is 1. The van der Waals surface area contributed by atoms with Crippen LogP contribution in [0.3, 0.4) is 0 Å². The quantitative estimate of drug-likeness (QED) is 0.482. The number of para-hydroxylation sites is 1. The Kier molecular flexibility index (Phi) is 3.66. The second-order valence-corrected chi connectivity index (χ2v) is 4.74. The Hall–Kier alpha value is -2.15. The average Bonchev–Trinajstić information content (AvgIpc) is 2.64. The van der Waals surface area contributed by atoms with Gasteiger partial charge in [-0.3, -0.25) is 24.6 Å². The smallest absolute Gasteiger partial charge is 0.269 e. The summed E-state index contributed by atoms with van der Waals surface area (Å²) in [5, 5.41) is 10.5. The van der Waals surface area contributed by atoms with Crippen molar-refractivity contribution in [2.45, 2.75) is 6.92 Å². The monoisotopic (exact) mass is 278 g/mol. The lowest BCUT2D eigenvalue weighted by molar-refractivity contribution is -0.385. The first-order chi connectivity index (χ1) is 9.04. The van der Waals surface area contributed by atoms with Crippen LogP contribution in [0.4, 0.5) is 10.5 Å². The lowest BCUT2D eigenvalue weighted by Gasteiger charge is -2.06. The Bertz CT molecular complexity index is 597. The van der Waals surface area contributed by atoms with E-state index in [2.05, 4.69) is 0 Å². The van der Waals surface area contributed by atoms with Crippen LogP contribution in [0.1, 0.15) is 12.5 Å². The first-order valence-corrected chi connectivity index (χ1v) is 6.35. The summed E-state index contributed by atoms with van der Waals surface area (Å²) < 4.78 is 0. The van der Waals surface area contributed by atoms with Gasteiger partial charge in [-0.25, -0.2) is 0 Å². The Labute approximate surface area is 113 Å².